The summed E-state index contributed by atoms with van der Waals surface area (Å²) in [4.78, 5) is 35.3. The number of hydrogen-bond donors (Lipinski definition) is 4. The standard InChI is InChI=1S/C31H28FN5O4S/c1-16(2)25-26(28(31(39)40)36-27(25)22-12-17(32)13-23-19(22)4-6-33-23)21-14-18(41-3)15-24-20(21)5-9-37(24)10-7-34-29(38)30-35-8-11-42-30/h4-6,8-9,11-16,33,36H,7,10H2,1-3H3,(H,34,38)(H,39,40). The lowest BCUT2D eigenvalue weighted by Gasteiger charge is -2.15. The molecule has 2 aromatic carbocycles. The minimum absolute atomic E-state index is 0.0136. The molecule has 4 aromatic heterocycles. The van der Waals surface area contributed by atoms with Crippen LogP contribution in [-0.4, -0.2) is 50.2 Å². The zero-order chi connectivity index (χ0) is 29.5. The summed E-state index contributed by atoms with van der Waals surface area (Å²) in [5.74, 6) is -1.34. The number of carbonyl (C=O) groups excluding carboxylic acids is 1. The van der Waals surface area contributed by atoms with Gasteiger partial charge in [0.25, 0.3) is 5.91 Å². The minimum Gasteiger partial charge on any atom is -0.497 e. The van der Waals surface area contributed by atoms with Gasteiger partial charge in [0.1, 0.15) is 17.3 Å². The molecular weight excluding hydrogens is 557 g/mol. The van der Waals surface area contributed by atoms with Gasteiger partial charge >= 0.3 is 5.97 Å². The first-order valence-corrected chi connectivity index (χ1v) is 14.3. The second-order valence-electron chi connectivity index (χ2n) is 10.2. The van der Waals surface area contributed by atoms with Crippen LogP contribution >= 0.6 is 11.3 Å². The van der Waals surface area contributed by atoms with Crippen molar-refractivity contribution in [3.63, 3.8) is 0 Å². The second kappa shape index (κ2) is 10.8. The van der Waals surface area contributed by atoms with Crippen LogP contribution < -0.4 is 10.1 Å². The lowest BCUT2D eigenvalue weighted by atomic mass is 9.89. The molecule has 0 aliphatic rings. The van der Waals surface area contributed by atoms with Crippen LogP contribution in [0.1, 0.15) is 45.6 Å². The number of amides is 1. The average molecular weight is 586 g/mol. The maximum Gasteiger partial charge on any atom is 0.352 e. The summed E-state index contributed by atoms with van der Waals surface area (Å²) in [5, 5.41) is 17.0. The Labute approximate surface area is 244 Å². The summed E-state index contributed by atoms with van der Waals surface area (Å²) >= 11 is 1.28. The zero-order valence-electron chi connectivity index (χ0n) is 23.1. The highest BCUT2D eigenvalue weighted by Gasteiger charge is 2.28. The number of aromatic amines is 2. The molecule has 11 heteroatoms. The van der Waals surface area contributed by atoms with Gasteiger partial charge in [-0.2, -0.15) is 0 Å². The van der Waals surface area contributed by atoms with Gasteiger partial charge < -0.3 is 29.7 Å². The molecule has 9 nitrogen and oxygen atoms in total. The van der Waals surface area contributed by atoms with E-state index in [4.69, 9.17) is 4.74 Å². The molecule has 42 heavy (non-hydrogen) atoms. The summed E-state index contributed by atoms with van der Waals surface area (Å²) in [5.41, 5.74) is 4.56. The molecule has 6 aromatic rings. The van der Waals surface area contributed by atoms with Crippen molar-refractivity contribution in [2.24, 2.45) is 0 Å². The number of aromatic carboxylic acids is 1. The van der Waals surface area contributed by atoms with Gasteiger partial charge in [-0.25, -0.2) is 14.2 Å². The van der Waals surface area contributed by atoms with E-state index in [9.17, 15) is 19.1 Å². The molecule has 1 amide bonds. The summed E-state index contributed by atoms with van der Waals surface area (Å²) in [6.07, 6.45) is 5.23. The van der Waals surface area contributed by atoms with Crippen molar-refractivity contribution in [2.75, 3.05) is 13.7 Å². The number of thiazole rings is 1. The summed E-state index contributed by atoms with van der Waals surface area (Å²) in [7, 11) is 1.56. The number of benzene rings is 2. The van der Waals surface area contributed by atoms with Crippen LogP contribution in [0.25, 0.3) is 44.2 Å². The molecule has 214 valence electrons. The van der Waals surface area contributed by atoms with Crippen LogP contribution in [0.3, 0.4) is 0 Å². The first-order chi connectivity index (χ1) is 20.3. The smallest absolute Gasteiger partial charge is 0.352 e. The largest absolute Gasteiger partial charge is 0.497 e. The number of hydrogen-bond acceptors (Lipinski definition) is 5. The third kappa shape index (κ3) is 4.71. The van der Waals surface area contributed by atoms with E-state index >= 15 is 0 Å². The Morgan fingerprint density at radius 3 is 2.71 bits per heavy atom. The topological polar surface area (TPSA) is 125 Å². The molecule has 0 fully saturated rings. The van der Waals surface area contributed by atoms with Gasteiger partial charge in [0.05, 0.1) is 18.3 Å². The van der Waals surface area contributed by atoms with Crippen molar-refractivity contribution in [2.45, 2.75) is 26.3 Å². The highest BCUT2D eigenvalue weighted by Crippen LogP contribution is 2.45. The lowest BCUT2D eigenvalue weighted by Crippen LogP contribution is -2.26. The van der Waals surface area contributed by atoms with Crippen LogP contribution in [0.15, 0.2) is 60.4 Å². The molecule has 6 rings (SSSR count). The number of carbonyl (C=O) groups is 2. The summed E-state index contributed by atoms with van der Waals surface area (Å²) < 4.78 is 22.4. The predicted molar refractivity (Wildman–Crippen MR) is 161 cm³/mol. The number of halogens is 1. The molecule has 0 saturated carbocycles. The molecule has 0 unspecified atom stereocenters. The van der Waals surface area contributed by atoms with Crippen LogP contribution in [0.2, 0.25) is 0 Å². The van der Waals surface area contributed by atoms with E-state index in [-0.39, 0.29) is 17.5 Å². The van der Waals surface area contributed by atoms with Crippen molar-refractivity contribution in [1.82, 2.24) is 24.8 Å². The number of methoxy groups -OCH3 is 1. The van der Waals surface area contributed by atoms with Gasteiger partial charge in [0, 0.05) is 70.5 Å². The van der Waals surface area contributed by atoms with Crippen molar-refractivity contribution in [1.29, 1.82) is 0 Å². The number of nitrogens with zero attached hydrogens (tertiary/aromatic N) is 2. The third-order valence-electron chi connectivity index (χ3n) is 7.36. The maximum atomic E-state index is 14.7. The van der Waals surface area contributed by atoms with Gasteiger partial charge in [-0.1, -0.05) is 13.8 Å². The number of carboxylic acid groups (broad SMARTS) is 1. The lowest BCUT2D eigenvalue weighted by molar-refractivity contribution is 0.0692. The molecule has 0 aliphatic heterocycles. The van der Waals surface area contributed by atoms with E-state index in [1.165, 1.54) is 23.5 Å². The van der Waals surface area contributed by atoms with Crippen molar-refractivity contribution in [3.8, 4) is 28.1 Å². The number of nitrogens with one attached hydrogen (secondary N) is 3. The monoisotopic (exact) mass is 585 g/mol. The minimum atomic E-state index is -1.12. The van der Waals surface area contributed by atoms with Crippen LogP contribution in [0.4, 0.5) is 4.39 Å². The molecule has 0 saturated heterocycles. The molecule has 4 heterocycles. The van der Waals surface area contributed by atoms with E-state index in [0.717, 1.165) is 21.9 Å². The number of ether oxygens (including phenoxy) is 1. The highest BCUT2D eigenvalue weighted by atomic mass is 32.1. The zero-order valence-corrected chi connectivity index (χ0v) is 23.9. The molecule has 0 aliphatic carbocycles. The fourth-order valence-corrected chi connectivity index (χ4v) is 6.13. The van der Waals surface area contributed by atoms with Gasteiger partial charge in [-0.15, -0.1) is 11.3 Å². The van der Waals surface area contributed by atoms with Crippen LogP contribution in [0, 0.1) is 5.82 Å². The number of H-pyrrole nitrogens is 2. The quantitative estimate of drug-likeness (QED) is 0.151. The Hall–Kier alpha value is -4.90. The van der Waals surface area contributed by atoms with E-state index in [2.05, 4.69) is 20.3 Å². The molecule has 0 atom stereocenters. The Morgan fingerprint density at radius 1 is 1.17 bits per heavy atom. The molecule has 0 bridgehead atoms. The fourth-order valence-electron chi connectivity index (χ4n) is 5.57. The van der Waals surface area contributed by atoms with Crippen LogP contribution in [0.5, 0.6) is 5.75 Å². The summed E-state index contributed by atoms with van der Waals surface area (Å²) in [6, 6.07) is 10.4. The van der Waals surface area contributed by atoms with Gasteiger partial charge in [0.2, 0.25) is 0 Å². The predicted octanol–water partition coefficient (Wildman–Crippen LogP) is 6.64. The van der Waals surface area contributed by atoms with E-state index < -0.39 is 11.8 Å². The second-order valence-corrected chi connectivity index (χ2v) is 11.1. The molecular formula is C31H28FN5O4S. The van der Waals surface area contributed by atoms with E-state index in [1.807, 2.05) is 48.9 Å². The Kier molecular flexibility index (Phi) is 7.03. The number of carboxylic acids is 1. The van der Waals surface area contributed by atoms with Crippen molar-refractivity contribution in [3.05, 3.63) is 82.5 Å². The summed E-state index contributed by atoms with van der Waals surface area (Å²) in [6.45, 7) is 4.82. The van der Waals surface area contributed by atoms with Crippen molar-refractivity contribution >= 4 is 45.0 Å². The maximum absolute atomic E-state index is 14.7. The number of rotatable bonds is 9. The Balaban J connectivity index is 1.50. The Morgan fingerprint density at radius 2 is 2.00 bits per heavy atom. The van der Waals surface area contributed by atoms with E-state index in [1.54, 1.807) is 24.9 Å². The number of fused-ring (bicyclic) bond motifs is 2. The molecule has 0 spiro atoms. The van der Waals surface area contributed by atoms with E-state index in [0.29, 0.717) is 51.7 Å². The third-order valence-corrected chi connectivity index (χ3v) is 8.14. The first-order valence-electron chi connectivity index (χ1n) is 13.4. The van der Waals surface area contributed by atoms with Gasteiger partial charge in [-0.05, 0) is 47.4 Å². The number of aromatic nitrogens is 4. The van der Waals surface area contributed by atoms with Gasteiger partial charge in [0.15, 0.2) is 5.01 Å². The SMILES string of the molecule is COc1cc(-c2c(C(=O)O)[nH]c(-c3cc(F)cc4[nH]ccc34)c2C(C)C)c2ccn(CCNC(=O)c3nccs3)c2c1. The molecule has 0 radical (unpaired) electrons. The van der Waals surface area contributed by atoms with Crippen LogP contribution in [-0.2, 0) is 6.54 Å². The first kappa shape index (κ1) is 27.3. The fraction of sp³-hybridized carbons (Fsp3) is 0.194. The molecule has 4 N–H and O–H groups in total. The highest BCUT2D eigenvalue weighted by molar-refractivity contribution is 7.11. The van der Waals surface area contributed by atoms with Crippen molar-refractivity contribution < 1.29 is 23.8 Å². The Bertz CT molecular complexity index is 1950. The average Bonchev–Trinajstić information content (AvgIpc) is 3.77. The van der Waals surface area contributed by atoms with Gasteiger partial charge in [-0.3, -0.25) is 4.79 Å². The normalized spacial score (nSPS) is 11.5.